The lowest BCUT2D eigenvalue weighted by Gasteiger charge is -2.08. The monoisotopic (exact) mass is 449 g/mol. The third kappa shape index (κ3) is 4.67. The molecule has 4 aromatic rings. The van der Waals surface area contributed by atoms with Gasteiger partial charge in [0.1, 0.15) is 12.3 Å². The van der Waals surface area contributed by atoms with Crippen molar-refractivity contribution in [1.82, 2.24) is 24.6 Å². The molecule has 0 spiro atoms. The van der Waals surface area contributed by atoms with E-state index >= 15 is 0 Å². The minimum absolute atomic E-state index is 0.0635. The Morgan fingerprint density at radius 2 is 1.91 bits per heavy atom. The SMILES string of the molecule is CCOc1ccc(CNC(=O)Cn2c(=O)n(C(C)C)c3ccc(-c4noc(C)n4)cc32)cc1. The predicted molar refractivity (Wildman–Crippen MR) is 124 cm³/mol. The van der Waals surface area contributed by atoms with Crippen LogP contribution in [0, 0.1) is 6.92 Å². The van der Waals surface area contributed by atoms with Crippen LogP contribution < -0.4 is 15.7 Å². The minimum Gasteiger partial charge on any atom is -0.494 e. The van der Waals surface area contributed by atoms with Crippen molar-refractivity contribution in [2.75, 3.05) is 6.61 Å². The highest BCUT2D eigenvalue weighted by molar-refractivity contribution is 5.84. The summed E-state index contributed by atoms with van der Waals surface area (Å²) in [6, 6.07) is 13.0. The van der Waals surface area contributed by atoms with Gasteiger partial charge in [-0.1, -0.05) is 17.3 Å². The van der Waals surface area contributed by atoms with E-state index in [2.05, 4.69) is 15.5 Å². The topological polar surface area (TPSA) is 104 Å². The second kappa shape index (κ2) is 9.32. The van der Waals surface area contributed by atoms with Crippen LogP contribution in [0.4, 0.5) is 0 Å². The Bertz CT molecular complexity index is 1330. The summed E-state index contributed by atoms with van der Waals surface area (Å²) in [5, 5.41) is 6.85. The highest BCUT2D eigenvalue weighted by Crippen LogP contribution is 2.24. The molecule has 0 radical (unpaired) electrons. The number of nitrogens with zero attached hydrogens (tertiary/aromatic N) is 4. The fraction of sp³-hybridized carbons (Fsp3) is 0.333. The zero-order chi connectivity index (χ0) is 23.5. The molecule has 1 N–H and O–H groups in total. The van der Waals surface area contributed by atoms with Crippen molar-refractivity contribution in [3.05, 3.63) is 64.4 Å². The molecule has 0 saturated heterocycles. The number of nitrogens with one attached hydrogen (secondary N) is 1. The molecule has 33 heavy (non-hydrogen) atoms. The molecule has 0 aliphatic rings. The van der Waals surface area contributed by atoms with Crippen LogP contribution in [0.2, 0.25) is 0 Å². The molecule has 2 aromatic heterocycles. The Labute approximate surface area is 191 Å². The minimum atomic E-state index is -0.255. The van der Waals surface area contributed by atoms with Gasteiger partial charge in [0.25, 0.3) is 0 Å². The molecule has 2 heterocycles. The fourth-order valence-corrected chi connectivity index (χ4v) is 3.76. The number of hydrogen-bond donors (Lipinski definition) is 1. The molecule has 1 amide bonds. The van der Waals surface area contributed by atoms with Crippen molar-refractivity contribution in [2.24, 2.45) is 0 Å². The Balaban J connectivity index is 1.59. The molecule has 9 heteroatoms. The Morgan fingerprint density at radius 3 is 2.55 bits per heavy atom. The Hall–Kier alpha value is -3.88. The van der Waals surface area contributed by atoms with Crippen LogP contribution in [-0.2, 0) is 17.9 Å². The van der Waals surface area contributed by atoms with Crippen molar-refractivity contribution >= 4 is 16.9 Å². The van der Waals surface area contributed by atoms with Crippen LogP contribution in [0.15, 0.2) is 51.8 Å². The van der Waals surface area contributed by atoms with E-state index in [-0.39, 0.29) is 24.2 Å². The van der Waals surface area contributed by atoms with Crippen molar-refractivity contribution in [3.63, 3.8) is 0 Å². The van der Waals surface area contributed by atoms with E-state index in [0.717, 1.165) is 16.8 Å². The second-order valence-electron chi connectivity index (χ2n) is 8.03. The van der Waals surface area contributed by atoms with Crippen molar-refractivity contribution in [2.45, 2.75) is 46.8 Å². The van der Waals surface area contributed by atoms with E-state index in [9.17, 15) is 9.59 Å². The number of carbonyl (C=O) groups is 1. The number of fused-ring (bicyclic) bond motifs is 1. The van der Waals surface area contributed by atoms with Crippen LogP contribution in [0.3, 0.4) is 0 Å². The van der Waals surface area contributed by atoms with Gasteiger partial charge in [0.05, 0.1) is 17.6 Å². The molecule has 2 aromatic carbocycles. The molecule has 0 aliphatic carbocycles. The molecular weight excluding hydrogens is 422 g/mol. The normalized spacial score (nSPS) is 11.3. The molecule has 9 nitrogen and oxygen atoms in total. The lowest BCUT2D eigenvalue weighted by molar-refractivity contribution is -0.121. The molecule has 0 saturated carbocycles. The first kappa shape index (κ1) is 22.3. The van der Waals surface area contributed by atoms with E-state index in [0.29, 0.717) is 35.9 Å². The maximum Gasteiger partial charge on any atom is 0.329 e. The van der Waals surface area contributed by atoms with Crippen LogP contribution in [0.25, 0.3) is 22.4 Å². The number of aromatic nitrogens is 4. The molecule has 0 fully saturated rings. The summed E-state index contributed by atoms with van der Waals surface area (Å²) in [6.45, 7) is 8.38. The smallest absolute Gasteiger partial charge is 0.329 e. The van der Waals surface area contributed by atoms with Crippen molar-refractivity contribution in [3.8, 4) is 17.1 Å². The third-order valence-electron chi connectivity index (χ3n) is 5.29. The van der Waals surface area contributed by atoms with Crippen LogP contribution >= 0.6 is 0 Å². The summed E-state index contributed by atoms with van der Waals surface area (Å²) in [5.74, 6) is 1.42. The second-order valence-corrected chi connectivity index (χ2v) is 8.03. The fourth-order valence-electron chi connectivity index (χ4n) is 3.76. The van der Waals surface area contributed by atoms with E-state index in [4.69, 9.17) is 9.26 Å². The largest absolute Gasteiger partial charge is 0.494 e. The molecule has 0 aliphatic heterocycles. The summed E-state index contributed by atoms with van der Waals surface area (Å²) >= 11 is 0. The highest BCUT2D eigenvalue weighted by atomic mass is 16.5. The summed E-state index contributed by atoms with van der Waals surface area (Å²) in [6.07, 6.45) is 0. The summed E-state index contributed by atoms with van der Waals surface area (Å²) in [4.78, 5) is 30.2. The van der Waals surface area contributed by atoms with Gasteiger partial charge in [-0.15, -0.1) is 0 Å². The van der Waals surface area contributed by atoms with Crippen LogP contribution in [-0.4, -0.2) is 31.8 Å². The summed E-state index contributed by atoms with van der Waals surface area (Å²) in [5.41, 5.74) is 2.81. The molecular formula is C24H27N5O4. The van der Waals surface area contributed by atoms with Gasteiger partial charge < -0.3 is 14.6 Å². The first-order valence-electron chi connectivity index (χ1n) is 10.9. The number of ether oxygens (including phenoxy) is 1. The third-order valence-corrected chi connectivity index (χ3v) is 5.29. The number of rotatable bonds is 8. The average molecular weight is 450 g/mol. The predicted octanol–water partition coefficient (Wildman–Crippen LogP) is 3.46. The van der Waals surface area contributed by atoms with Gasteiger partial charge in [-0.3, -0.25) is 13.9 Å². The van der Waals surface area contributed by atoms with E-state index in [1.807, 2.05) is 63.2 Å². The molecule has 0 atom stereocenters. The molecule has 172 valence electrons. The molecule has 0 unspecified atom stereocenters. The number of aryl methyl sites for hydroxylation is 1. The molecule has 4 rings (SSSR count). The Morgan fingerprint density at radius 1 is 1.15 bits per heavy atom. The zero-order valence-electron chi connectivity index (χ0n) is 19.2. The number of hydrogen-bond acceptors (Lipinski definition) is 6. The van der Waals surface area contributed by atoms with Gasteiger partial charge in [-0.05, 0) is 56.7 Å². The highest BCUT2D eigenvalue weighted by Gasteiger charge is 2.19. The Kier molecular flexibility index (Phi) is 6.30. The number of amides is 1. The van der Waals surface area contributed by atoms with Gasteiger partial charge >= 0.3 is 5.69 Å². The van der Waals surface area contributed by atoms with Crippen molar-refractivity contribution in [1.29, 1.82) is 0 Å². The number of benzene rings is 2. The van der Waals surface area contributed by atoms with Gasteiger partial charge in [0.15, 0.2) is 0 Å². The zero-order valence-corrected chi connectivity index (χ0v) is 19.2. The number of imidazole rings is 1. The summed E-state index contributed by atoms with van der Waals surface area (Å²) < 4.78 is 13.7. The van der Waals surface area contributed by atoms with E-state index in [1.165, 1.54) is 4.57 Å². The lowest BCUT2D eigenvalue weighted by atomic mass is 10.2. The quantitative estimate of drug-likeness (QED) is 0.442. The van der Waals surface area contributed by atoms with Gasteiger partial charge in [0.2, 0.25) is 17.6 Å². The maximum absolute atomic E-state index is 13.2. The van der Waals surface area contributed by atoms with E-state index < -0.39 is 0 Å². The van der Waals surface area contributed by atoms with Crippen LogP contribution in [0.5, 0.6) is 5.75 Å². The van der Waals surface area contributed by atoms with Gasteiger partial charge in [0, 0.05) is 25.1 Å². The first-order chi connectivity index (χ1) is 15.9. The lowest BCUT2D eigenvalue weighted by Crippen LogP contribution is -2.33. The van der Waals surface area contributed by atoms with Crippen LogP contribution in [0.1, 0.15) is 38.3 Å². The van der Waals surface area contributed by atoms with E-state index in [1.54, 1.807) is 11.5 Å². The summed E-state index contributed by atoms with van der Waals surface area (Å²) in [7, 11) is 0. The number of carbonyl (C=O) groups excluding carboxylic acids is 1. The molecule has 0 bridgehead atoms. The van der Waals surface area contributed by atoms with Gasteiger partial charge in [-0.2, -0.15) is 4.98 Å². The van der Waals surface area contributed by atoms with Crippen molar-refractivity contribution < 1.29 is 14.1 Å². The maximum atomic E-state index is 13.2. The average Bonchev–Trinajstić information content (AvgIpc) is 3.34. The van der Waals surface area contributed by atoms with Gasteiger partial charge in [-0.25, -0.2) is 4.79 Å². The standard InChI is InChI=1S/C24H27N5O4/c1-5-32-19-9-6-17(7-10-19)13-25-22(30)14-28-21-12-18(23-26-16(4)33-27-23)8-11-20(21)29(15(2)3)24(28)31/h6-12,15H,5,13-14H2,1-4H3,(H,25,30). The first-order valence-corrected chi connectivity index (χ1v) is 10.9.